The molecule has 4 atom stereocenters. The SMILES string of the molecule is C=CCCC1CCC2CC(c3ccc(C(=O)Oc4ccc(OCC=C)cc4F)c(F)c3)CCC2C1. The van der Waals surface area contributed by atoms with Crippen molar-refractivity contribution < 1.29 is 23.0 Å². The maximum Gasteiger partial charge on any atom is 0.346 e. The van der Waals surface area contributed by atoms with E-state index in [0.717, 1.165) is 42.7 Å². The number of carbonyl (C=O) groups is 1. The predicted octanol–water partition coefficient (Wildman–Crippen LogP) is 8.02. The second kappa shape index (κ2) is 11.7. The van der Waals surface area contributed by atoms with E-state index in [0.29, 0.717) is 11.8 Å². The Balaban J connectivity index is 1.37. The van der Waals surface area contributed by atoms with E-state index >= 15 is 0 Å². The summed E-state index contributed by atoms with van der Waals surface area (Å²) >= 11 is 0. The molecule has 0 amide bonds. The van der Waals surface area contributed by atoms with Gasteiger partial charge in [0.05, 0.1) is 5.56 Å². The lowest BCUT2D eigenvalue weighted by Gasteiger charge is -2.42. The maximum absolute atomic E-state index is 14.9. The average molecular weight is 481 g/mol. The van der Waals surface area contributed by atoms with Crippen LogP contribution in [0.3, 0.4) is 0 Å². The summed E-state index contributed by atoms with van der Waals surface area (Å²) in [6.07, 6.45) is 13.0. The average Bonchev–Trinajstić information content (AvgIpc) is 2.87. The minimum atomic E-state index is -0.922. The molecule has 2 fully saturated rings. The minimum absolute atomic E-state index is 0.198. The van der Waals surface area contributed by atoms with Crippen LogP contribution in [0.25, 0.3) is 0 Å². The molecule has 0 N–H and O–H groups in total. The van der Waals surface area contributed by atoms with Gasteiger partial charge in [-0.1, -0.05) is 31.2 Å². The van der Waals surface area contributed by atoms with Gasteiger partial charge in [0.2, 0.25) is 0 Å². The summed E-state index contributed by atoms with van der Waals surface area (Å²) in [6, 6.07) is 8.64. The molecule has 2 aromatic carbocycles. The topological polar surface area (TPSA) is 35.5 Å². The molecule has 0 aromatic heterocycles. The molecule has 2 aromatic rings. The molecule has 0 bridgehead atoms. The number of hydrogen-bond acceptors (Lipinski definition) is 3. The molecular weight excluding hydrogens is 446 g/mol. The third-order valence-corrected chi connectivity index (χ3v) is 7.66. The second-order valence-corrected chi connectivity index (χ2v) is 9.90. The van der Waals surface area contributed by atoms with Gasteiger partial charge in [-0.2, -0.15) is 0 Å². The van der Waals surface area contributed by atoms with Gasteiger partial charge in [0.15, 0.2) is 11.6 Å². The Morgan fingerprint density at radius 2 is 1.74 bits per heavy atom. The number of allylic oxidation sites excluding steroid dienone is 1. The van der Waals surface area contributed by atoms with Crippen LogP contribution in [-0.2, 0) is 0 Å². The molecule has 2 aliphatic carbocycles. The van der Waals surface area contributed by atoms with E-state index in [1.807, 2.05) is 12.1 Å². The summed E-state index contributed by atoms with van der Waals surface area (Å²) in [6.45, 7) is 7.61. The van der Waals surface area contributed by atoms with E-state index in [4.69, 9.17) is 9.47 Å². The number of benzene rings is 2. The van der Waals surface area contributed by atoms with Crippen molar-refractivity contribution in [2.24, 2.45) is 17.8 Å². The van der Waals surface area contributed by atoms with E-state index < -0.39 is 17.6 Å². The second-order valence-electron chi connectivity index (χ2n) is 9.90. The lowest BCUT2D eigenvalue weighted by Crippen LogP contribution is -2.30. The number of rotatable bonds is 9. The molecule has 0 saturated heterocycles. The van der Waals surface area contributed by atoms with Crippen molar-refractivity contribution in [1.82, 2.24) is 0 Å². The van der Waals surface area contributed by atoms with Crippen LogP contribution in [-0.4, -0.2) is 12.6 Å². The van der Waals surface area contributed by atoms with Crippen LogP contribution in [0.1, 0.15) is 73.2 Å². The summed E-state index contributed by atoms with van der Waals surface area (Å²) in [5.41, 5.74) is 0.734. The molecule has 4 unspecified atom stereocenters. The molecule has 3 nitrogen and oxygen atoms in total. The van der Waals surface area contributed by atoms with Crippen molar-refractivity contribution in [1.29, 1.82) is 0 Å². The van der Waals surface area contributed by atoms with Crippen molar-refractivity contribution in [3.05, 3.63) is 84.5 Å². The first kappa shape index (κ1) is 25.2. The van der Waals surface area contributed by atoms with Crippen LogP contribution in [0.15, 0.2) is 61.7 Å². The van der Waals surface area contributed by atoms with Gasteiger partial charge in [0, 0.05) is 6.07 Å². The Bertz CT molecular complexity index is 1060. The van der Waals surface area contributed by atoms with Crippen molar-refractivity contribution in [3.63, 3.8) is 0 Å². The molecule has 35 heavy (non-hydrogen) atoms. The van der Waals surface area contributed by atoms with Crippen LogP contribution in [0.4, 0.5) is 8.78 Å². The fourth-order valence-electron chi connectivity index (χ4n) is 5.82. The number of halogens is 2. The van der Waals surface area contributed by atoms with Gasteiger partial charge in [-0.3, -0.25) is 0 Å². The third kappa shape index (κ3) is 6.19. The molecule has 2 saturated carbocycles. The van der Waals surface area contributed by atoms with Crippen LogP contribution >= 0.6 is 0 Å². The van der Waals surface area contributed by atoms with E-state index in [1.54, 1.807) is 6.08 Å². The van der Waals surface area contributed by atoms with Gasteiger partial charge in [0.1, 0.15) is 18.2 Å². The number of ether oxygens (including phenoxy) is 2. The molecule has 186 valence electrons. The lowest BCUT2D eigenvalue weighted by atomic mass is 9.63. The Morgan fingerprint density at radius 3 is 2.49 bits per heavy atom. The zero-order chi connectivity index (χ0) is 24.8. The van der Waals surface area contributed by atoms with Crippen molar-refractivity contribution in [2.75, 3.05) is 6.61 Å². The molecule has 2 aliphatic rings. The fraction of sp³-hybridized carbons (Fsp3) is 0.433. The number of fused-ring (bicyclic) bond motifs is 1. The van der Waals surface area contributed by atoms with Gasteiger partial charge in [-0.15, -0.1) is 6.58 Å². The highest BCUT2D eigenvalue weighted by molar-refractivity contribution is 5.91. The number of carbonyl (C=O) groups excluding carboxylic acids is 1. The van der Waals surface area contributed by atoms with E-state index in [-0.39, 0.29) is 23.7 Å². The highest BCUT2D eigenvalue weighted by Crippen LogP contribution is 2.48. The van der Waals surface area contributed by atoms with Crippen LogP contribution < -0.4 is 9.47 Å². The largest absolute Gasteiger partial charge is 0.489 e. The number of hydrogen-bond donors (Lipinski definition) is 0. The number of esters is 1. The summed E-state index contributed by atoms with van der Waals surface area (Å²) < 4.78 is 39.6. The third-order valence-electron chi connectivity index (χ3n) is 7.66. The first-order valence-corrected chi connectivity index (χ1v) is 12.6. The highest BCUT2D eigenvalue weighted by atomic mass is 19.1. The van der Waals surface area contributed by atoms with Gasteiger partial charge >= 0.3 is 5.97 Å². The quantitative estimate of drug-likeness (QED) is 0.207. The zero-order valence-electron chi connectivity index (χ0n) is 20.2. The molecular formula is C30H34F2O3. The summed E-state index contributed by atoms with van der Waals surface area (Å²) in [5, 5.41) is 0. The molecule has 4 rings (SSSR count). The van der Waals surface area contributed by atoms with Crippen molar-refractivity contribution in [3.8, 4) is 11.5 Å². The van der Waals surface area contributed by atoms with Gasteiger partial charge < -0.3 is 9.47 Å². The zero-order valence-corrected chi connectivity index (χ0v) is 20.2. The maximum atomic E-state index is 14.9. The van der Waals surface area contributed by atoms with Crippen molar-refractivity contribution in [2.45, 2.75) is 57.3 Å². The van der Waals surface area contributed by atoms with Gasteiger partial charge in [0.25, 0.3) is 0 Å². The fourth-order valence-corrected chi connectivity index (χ4v) is 5.82. The van der Waals surface area contributed by atoms with Crippen LogP contribution in [0.5, 0.6) is 11.5 Å². The van der Waals surface area contributed by atoms with E-state index in [9.17, 15) is 13.6 Å². The monoisotopic (exact) mass is 480 g/mol. The first-order chi connectivity index (χ1) is 17.0. The molecule has 0 radical (unpaired) electrons. The van der Waals surface area contributed by atoms with E-state index in [1.165, 1.54) is 56.4 Å². The molecule has 0 spiro atoms. The Kier molecular flexibility index (Phi) is 8.37. The summed E-state index contributed by atoms with van der Waals surface area (Å²) in [5.74, 6) is 0.302. The molecule has 5 heteroatoms. The Labute approximate surface area is 206 Å². The van der Waals surface area contributed by atoms with E-state index in [2.05, 4.69) is 13.2 Å². The molecule has 0 heterocycles. The lowest BCUT2D eigenvalue weighted by molar-refractivity contribution is 0.0722. The van der Waals surface area contributed by atoms with Crippen LogP contribution in [0, 0.1) is 29.4 Å². The normalized spacial score (nSPS) is 23.7. The predicted molar refractivity (Wildman–Crippen MR) is 134 cm³/mol. The van der Waals surface area contributed by atoms with Gasteiger partial charge in [-0.05, 0) is 98.4 Å². The summed E-state index contributed by atoms with van der Waals surface area (Å²) in [4.78, 5) is 12.5. The van der Waals surface area contributed by atoms with Crippen molar-refractivity contribution >= 4 is 5.97 Å². The molecule has 0 aliphatic heterocycles. The standard InChI is InChI=1S/C30H34F2O3/c1-3-5-6-20-7-8-22-17-23(10-9-21(22)16-20)24-11-13-26(27(31)18-24)30(33)35-29-14-12-25(19-28(29)32)34-15-4-2/h3-4,11-14,18-23H,1-2,5-10,15-17H2. The first-order valence-electron chi connectivity index (χ1n) is 12.6. The van der Waals surface area contributed by atoms with Gasteiger partial charge in [-0.25, -0.2) is 13.6 Å². The van der Waals surface area contributed by atoms with Crippen LogP contribution in [0.2, 0.25) is 0 Å². The Morgan fingerprint density at radius 1 is 0.943 bits per heavy atom. The smallest absolute Gasteiger partial charge is 0.346 e. The highest BCUT2D eigenvalue weighted by Gasteiger charge is 2.36. The Hall–Kier alpha value is -2.95. The summed E-state index contributed by atoms with van der Waals surface area (Å²) in [7, 11) is 0. The minimum Gasteiger partial charge on any atom is -0.489 e.